The minimum atomic E-state index is -4.58. The van der Waals surface area contributed by atoms with Crippen LogP contribution in [0.15, 0.2) is 28.6 Å². The molecule has 0 bridgehead atoms. The van der Waals surface area contributed by atoms with E-state index in [2.05, 4.69) is 20.6 Å². The van der Waals surface area contributed by atoms with E-state index in [9.17, 15) is 26.3 Å². The third-order valence-electron chi connectivity index (χ3n) is 3.62. The van der Waals surface area contributed by atoms with Gasteiger partial charge in [0.05, 0.1) is 25.8 Å². The van der Waals surface area contributed by atoms with Gasteiger partial charge in [-0.1, -0.05) is 6.07 Å². The first-order valence-corrected chi connectivity index (χ1v) is 9.20. The van der Waals surface area contributed by atoms with Gasteiger partial charge in [0, 0.05) is 11.9 Å². The van der Waals surface area contributed by atoms with Gasteiger partial charge in [-0.3, -0.25) is 0 Å². The van der Waals surface area contributed by atoms with Crippen LogP contribution in [-0.4, -0.2) is 24.6 Å². The number of hydrogen-bond donors (Lipinski definition) is 2. The molecule has 0 unspecified atom stereocenters. The fourth-order valence-electron chi connectivity index (χ4n) is 2.27. The quantitative estimate of drug-likeness (QED) is 0.222. The fraction of sp³-hybridized carbons (Fsp3) is 0.412. The minimum Gasteiger partial charge on any atom is -0.497 e. The zero-order valence-corrected chi connectivity index (χ0v) is 19.0. The number of guanidine groups is 1. The molecule has 1 aromatic heterocycles. The number of nitrogens with one attached hydrogen (secondary N) is 2. The van der Waals surface area contributed by atoms with Gasteiger partial charge < -0.3 is 15.4 Å². The molecular formula is C17H19F6IN4OS. The van der Waals surface area contributed by atoms with Gasteiger partial charge in [-0.15, -0.1) is 35.3 Å². The number of aliphatic imine (C=N–C) groups is 1. The maximum Gasteiger partial charge on any atom is 0.434 e. The van der Waals surface area contributed by atoms with Crippen LogP contribution in [0.1, 0.15) is 28.8 Å². The molecule has 2 aromatic rings. The van der Waals surface area contributed by atoms with Crippen LogP contribution in [0, 0.1) is 0 Å². The molecule has 0 saturated carbocycles. The maximum atomic E-state index is 13.3. The lowest BCUT2D eigenvalue weighted by Crippen LogP contribution is -2.36. The summed E-state index contributed by atoms with van der Waals surface area (Å²) in [6, 6.07) is 3.55. The monoisotopic (exact) mass is 568 g/mol. The molecule has 30 heavy (non-hydrogen) atoms. The van der Waals surface area contributed by atoms with Gasteiger partial charge >= 0.3 is 12.4 Å². The number of nitrogens with zero attached hydrogens (tertiary/aromatic N) is 2. The fourth-order valence-corrected chi connectivity index (χ4v) is 3.01. The van der Waals surface area contributed by atoms with Crippen LogP contribution in [0.5, 0.6) is 5.75 Å². The Morgan fingerprint density at radius 1 is 1.13 bits per heavy atom. The van der Waals surface area contributed by atoms with Crippen molar-refractivity contribution in [3.05, 3.63) is 45.4 Å². The van der Waals surface area contributed by atoms with Gasteiger partial charge in [0.25, 0.3) is 0 Å². The van der Waals surface area contributed by atoms with Crippen molar-refractivity contribution < 1.29 is 31.1 Å². The lowest BCUT2D eigenvalue weighted by atomic mass is 10.1. The number of hydrogen-bond acceptors (Lipinski definition) is 4. The topological polar surface area (TPSA) is 58.5 Å². The van der Waals surface area contributed by atoms with Crippen LogP contribution in [0.4, 0.5) is 26.3 Å². The van der Waals surface area contributed by atoms with Crippen LogP contribution < -0.4 is 15.4 Å². The van der Waals surface area contributed by atoms with Gasteiger partial charge in [0.15, 0.2) is 11.7 Å². The molecule has 1 aromatic carbocycles. The smallest absolute Gasteiger partial charge is 0.434 e. The second-order valence-corrected chi connectivity index (χ2v) is 6.64. The van der Waals surface area contributed by atoms with Crippen LogP contribution in [0.3, 0.4) is 0 Å². The lowest BCUT2D eigenvalue weighted by Gasteiger charge is -2.14. The number of rotatable bonds is 6. The molecular weight excluding hydrogens is 549 g/mol. The molecule has 2 rings (SSSR count). The zero-order chi connectivity index (χ0) is 21.7. The van der Waals surface area contributed by atoms with Crippen LogP contribution in [-0.2, 0) is 25.4 Å². The van der Waals surface area contributed by atoms with Gasteiger partial charge in [-0.05, 0) is 24.6 Å². The minimum absolute atomic E-state index is 0. The van der Waals surface area contributed by atoms with E-state index in [1.807, 2.05) is 0 Å². The van der Waals surface area contributed by atoms with E-state index in [4.69, 9.17) is 4.74 Å². The summed E-state index contributed by atoms with van der Waals surface area (Å²) in [5.74, 6) is 0.222. The molecule has 2 N–H and O–H groups in total. The highest BCUT2D eigenvalue weighted by molar-refractivity contribution is 14.0. The molecule has 0 atom stereocenters. The van der Waals surface area contributed by atoms with Crippen molar-refractivity contribution in [1.82, 2.24) is 15.6 Å². The average molecular weight is 568 g/mol. The zero-order valence-electron chi connectivity index (χ0n) is 15.8. The molecule has 0 aliphatic rings. The van der Waals surface area contributed by atoms with E-state index in [1.165, 1.54) is 19.2 Å². The van der Waals surface area contributed by atoms with Crippen molar-refractivity contribution in [1.29, 1.82) is 0 Å². The van der Waals surface area contributed by atoms with E-state index in [-0.39, 0.29) is 59.3 Å². The SMILES string of the molecule is CCNC(=NCc1ccc(OC)cc1C(F)(F)F)NCc1nc(C(F)(F)F)cs1.I. The number of halogens is 7. The summed E-state index contributed by atoms with van der Waals surface area (Å²) in [6.07, 6.45) is -9.12. The number of methoxy groups -OCH3 is 1. The Labute approximate surface area is 190 Å². The van der Waals surface area contributed by atoms with Crippen LogP contribution >= 0.6 is 35.3 Å². The Morgan fingerprint density at radius 2 is 1.83 bits per heavy atom. The average Bonchev–Trinajstić information content (AvgIpc) is 3.12. The Morgan fingerprint density at radius 3 is 2.37 bits per heavy atom. The molecule has 0 aliphatic carbocycles. The van der Waals surface area contributed by atoms with Crippen molar-refractivity contribution in [2.45, 2.75) is 32.4 Å². The van der Waals surface area contributed by atoms with Crippen molar-refractivity contribution in [2.24, 2.45) is 4.99 Å². The van der Waals surface area contributed by atoms with Crippen molar-refractivity contribution >= 4 is 41.3 Å². The first-order valence-electron chi connectivity index (χ1n) is 8.32. The van der Waals surface area contributed by atoms with Gasteiger partial charge in [-0.2, -0.15) is 26.3 Å². The largest absolute Gasteiger partial charge is 0.497 e. The molecule has 0 radical (unpaired) electrons. The Balaban J connectivity index is 0.00000450. The second kappa shape index (κ2) is 11.0. The summed E-state index contributed by atoms with van der Waals surface area (Å²) in [4.78, 5) is 7.58. The molecule has 168 valence electrons. The van der Waals surface area contributed by atoms with E-state index >= 15 is 0 Å². The first kappa shape index (κ1) is 26.3. The number of alkyl halides is 6. The summed E-state index contributed by atoms with van der Waals surface area (Å²) in [5.41, 5.74) is -1.93. The summed E-state index contributed by atoms with van der Waals surface area (Å²) >= 11 is 0.822. The lowest BCUT2D eigenvalue weighted by molar-refractivity contribution is -0.141. The van der Waals surface area contributed by atoms with E-state index in [1.54, 1.807) is 6.92 Å². The predicted molar refractivity (Wildman–Crippen MR) is 112 cm³/mol. The summed E-state index contributed by atoms with van der Waals surface area (Å²) < 4.78 is 82.5. The number of thiazole rings is 1. The second-order valence-electron chi connectivity index (χ2n) is 5.69. The molecule has 13 heteroatoms. The number of aromatic nitrogens is 1. The van der Waals surface area contributed by atoms with E-state index in [0.717, 1.165) is 22.8 Å². The summed E-state index contributed by atoms with van der Waals surface area (Å²) in [5, 5.41) is 6.66. The van der Waals surface area contributed by atoms with Crippen molar-refractivity contribution in [3.8, 4) is 5.75 Å². The Hall–Kier alpha value is -1.77. The summed E-state index contributed by atoms with van der Waals surface area (Å²) in [6.45, 7) is 1.81. The molecule has 0 aliphatic heterocycles. The molecule has 0 spiro atoms. The summed E-state index contributed by atoms with van der Waals surface area (Å²) in [7, 11) is 1.27. The third-order valence-corrected chi connectivity index (χ3v) is 4.47. The van der Waals surface area contributed by atoms with Crippen molar-refractivity contribution in [2.75, 3.05) is 13.7 Å². The van der Waals surface area contributed by atoms with E-state index in [0.29, 0.717) is 6.54 Å². The molecule has 0 fully saturated rings. The highest BCUT2D eigenvalue weighted by atomic mass is 127. The Bertz CT molecular complexity index is 854. The van der Waals surface area contributed by atoms with Gasteiger partial charge in [0.2, 0.25) is 0 Å². The molecule has 0 amide bonds. The normalized spacial score (nSPS) is 12.3. The van der Waals surface area contributed by atoms with Crippen LogP contribution in [0.25, 0.3) is 0 Å². The van der Waals surface area contributed by atoms with Gasteiger partial charge in [0.1, 0.15) is 10.8 Å². The van der Waals surface area contributed by atoms with E-state index < -0.39 is 23.6 Å². The number of benzene rings is 1. The molecule has 5 nitrogen and oxygen atoms in total. The predicted octanol–water partition coefficient (Wildman–Crippen LogP) is 5.06. The maximum absolute atomic E-state index is 13.3. The highest BCUT2D eigenvalue weighted by Gasteiger charge is 2.34. The Kier molecular flexibility index (Phi) is 9.65. The van der Waals surface area contributed by atoms with Crippen molar-refractivity contribution in [3.63, 3.8) is 0 Å². The number of ether oxygens (including phenoxy) is 1. The highest BCUT2D eigenvalue weighted by Crippen LogP contribution is 2.34. The standard InChI is InChI=1S/C17H18F6N4OS.HI/c1-3-24-15(26-8-14-27-13(9-29-14)17(21,22)23)25-7-10-4-5-11(28-2)6-12(10)16(18,19)20;/h4-6,9H,3,7-8H2,1-2H3,(H2,24,25,26);1H. The molecule has 0 saturated heterocycles. The van der Waals surface area contributed by atoms with Crippen LogP contribution in [0.2, 0.25) is 0 Å². The first-order chi connectivity index (χ1) is 13.5. The third kappa shape index (κ3) is 7.49. The molecule has 1 heterocycles. The van der Waals surface area contributed by atoms with Gasteiger partial charge in [-0.25, -0.2) is 9.98 Å².